The molecule has 2 N–H and O–H groups in total. The van der Waals surface area contributed by atoms with Crippen LogP contribution in [0.2, 0.25) is 0 Å². The largest absolute Gasteiger partial charge is 0.489 e. The lowest BCUT2D eigenvalue weighted by molar-refractivity contribution is 0.243. The highest BCUT2D eigenvalue weighted by Crippen LogP contribution is 2.35. The molecule has 0 amide bonds. The molecule has 0 heterocycles. The predicted molar refractivity (Wildman–Crippen MR) is 85.6 cm³/mol. The molecular formula is C16H18BrNO2. The Bertz CT molecular complexity index is 611. The zero-order valence-corrected chi connectivity index (χ0v) is 13.4. The van der Waals surface area contributed by atoms with Crippen molar-refractivity contribution in [3.63, 3.8) is 0 Å². The van der Waals surface area contributed by atoms with Gasteiger partial charge in [-0.05, 0) is 56.7 Å². The number of hydrogen-bond acceptors (Lipinski definition) is 3. The smallest absolute Gasteiger partial charge is 0.154 e. The Morgan fingerprint density at radius 1 is 1.10 bits per heavy atom. The van der Waals surface area contributed by atoms with Crippen molar-refractivity contribution in [1.82, 2.24) is 0 Å². The van der Waals surface area contributed by atoms with Crippen molar-refractivity contribution in [1.29, 1.82) is 0 Å². The van der Waals surface area contributed by atoms with Crippen LogP contribution in [0, 0.1) is 6.92 Å². The molecule has 106 valence electrons. The zero-order valence-electron chi connectivity index (χ0n) is 11.8. The van der Waals surface area contributed by atoms with Gasteiger partial charge in [-0.15, -0.1) is 0 Å². The van der Waals surface area contributed by atoms with Crippen LogP contribution >= 0.6 is 15.9 Å². The monoisotopic (exact) mass is 335 g/mol. The summed E-state index contributed by atoms with van der Waals surface area (Å²) in [6.45, 7) is 5.94. The van der Waals surface area contributed by atoms with Crippen molar-refractivity contribution < 1.29 is 9.47 Å². The van der Waals surface area contributed by atoms with Gasteiger partial charge in [-0.3, -0.25) is 0 Å². The number of nitrogen functional groups attached to an aromatic ring is 1. The molecule has 0 radical (unpaired) electrons. The second kappa shape index (κ2) is 6.18. The summed E-state index contributed by atoms with van der Waals surface area (Å²) in [7, 11) is 0. The highest BCUT2D eigenvalue weighted by atomic mass is 79.9. The van der Waals surface area contributed by atoms with E-state index in [1.807, 2.05) is 57.2 Å². The molecule has 3 nitrogen and oxygen atoms in total. The number of nitrogens with two attached hydrogens (primary N) is 1. The van der Waals surface area contributed by atoms with Crippen molar-refractivity contribution >= 4 is 21.6 Å². The van der Waals surface area contributed by atoms with Crippen molar-refractivity contribution in [2.75, 3.05) is 5.73 Å². The van der Waals surface area contributed by atoms with Crippen LogP contribution in [0.4, 0.5) is 5.69 Å². The molecular weight excluding hydrogens is 318 g/mol. The summed E-state index contributed by atoms with van der Waals surface area (Å²) in [5.41, 5.74) is 7.71. The third-order valence-electron chi connectivity index (χ3n) is 2.75. The topological polar surface area (TPSA) is 44.5 Å². The standard InChI is InChI=1S/C16H18BrNO2/c1-10(2)19-14-5-4-6-15(16(14)18)20-12-7-8-13(17)11(3)9-12/h4-10H,18H2,1-3H3. The first kappa shape index (κ1) is 14.7. The maximum atomic E-state index is 6.09. The van der Waals surface area contributed by atoms with Gasteiger partial charge >= 0.3 is 0 Å². The zero-order chi connectivity index (χ0) is 14.7. The van der Waals surface area contributed by atoms with Gasteiger partial charge in [0.25, 0.3) is 0 Å². The van der Waals surface area contributed by atoms with Gasteiger partial charge in [0.2, 0.25) is 0 Å². The van der Waals surface area contributed by atoms with E-state index in [9.17, 15) is 0 Å². The van der Waals surface area contributed by atoms with E-state index in [4.69, 9.17) is 15.2 Å². The summed E-state index contributed by atoms with van der Waals surface area (Å²) in [6.07, 6.45) is 0.0717. The Labute approximate surface area is 127 Å². The van der Waals surface area contributed by atoms with Gasteiger partial charge in [-0.1, -0.05) is 22.0 Å². The fourth-order valence-corrected chi connectivity index (χ4v) is 2.02. The van der Waals surface area contributed by atoms with Crippen LogP contribution in [-0.2, 0) is 0 Å². The summed E-state index contributed by atoms with van der Waals surface area (Å²) in [5.74, 6) is 2.00. The van der Waals surface area contributed by atoms with Crippen molar-refractivity contribution in [2.24, 2.45) is 0 Å². The third kappa shape index (κ3) is 3.45. The molecule has 0 aromatic heterocycles. The SMILES string of the molecule is Cc1cc(Oc2cccc(OC(C)C)c2N)ccc1Br. The molecule has 2 rings (SSSR count). The lowest BCUT2D eigenvalue weighted by atomic mass is 10.2. The first-order chi connectivity index (χ1) is 9.47. The van der Waals surface area contributed by atoms with Crippen molar-refractivity contribution in [3.8, 4) is 17.2 Å². The van der Waals surface area contributed by atoms with Gasteiger partial charge in [0, 0.05) is 4.47 Å². The molecule has 0 aliphatic carbocycles. The molecule has 0 fully saturated rings. The molecule has 0 aliphatic heterocycles. The molecule has 2 aromatic rings. The van der Waals surface area contributed by atoms with E-state index in [-0.39, 0.29) is 6.10 Å². The first-order valence-electron chi connectivity index (χ1n) is 6.46. The van der Waals surface area contributed by atoms with Gasteiger partial charge in [-0.2, -0.15) is 0 Å². The minimum Gasteiger partial charge on any atom is -0.489 e. The third-order valence-corrected chi connectivity index (χ3v) is 3.64. The lowest BCUT2D eigenvalue weighted by Gasteiger charge is -2.15. The van der Waals surface area contributed by atoms with Crippen LogP contribution in [0.5, 0.6) is 17.2 Å². The number of aryl methyl sites for hydroxylation is 1. The van der Waals surface area contributed by atoms with Crippen molar-refractivity contribution in [3.05, 3.63) is 46.4 Å². The van der Waals surface area contributed by atoms with Crippen LogP contribution in [0.25, 0.3) is 0 Å². The average molecular weight is 336 g/mol. The Morgan fingerprint density at radius 3 is 2.45 bits per heavy atom. The summed E-state index contributed by atoms with van der Waals surface area (Å²) < 4.78 is 12.5. The van der Waals surface area contributed by atoms with E-state index in [0.717, 1.165) is 15.8 Å². The fraction of sp³-hybridized carbons (Fsp3) is 0.250. The first-order valence-corrected chi connectivity index (χ1v) is 7.26. The van der Waals surface area contributed by atoms with E-state index in [2.05, 4.69) is 15.9 Å². The van der Waals surface area contributed by atoms with Crippen molar-refractivity contribution in [2.45, 2.75) is 26.9 Å². The van der Waals surface area contributed by atoms with Crippen LogP contribution in [0.15, 0.2) is 40.9 Å². The molecule has 0 saturated carbocycles. The number of ether oxygens (including phenoxy) is 2. The van der Waals surface area contributed by atoms with E-state index in [1.165, 1.54) is 0 Å². The molecule has 0 atom stereocenters. The molecule has 20 heavy (non-hydrogen) atoms. The molecule has 0 unspecified atom stereocenters. The van der Waals surface area contributed by atoms with Crippen LogP contribution in [-0.4, -0.2) is 6.10 Å². The number of para-hydroxylation sites is 1. The fourth-order valence-electron chi connectivity index (χ4n) is 1.78. The van der Waals surface area contributed by atoms with Gasteiger partial charge in [0.1, 0.15) is 17.2 Å². The van der Waals surface area contributed by atoms with Gasteiger partial charge in [0.05, 0.1) is 6.10 Å². The molecule has 2 aromatic carbocycles. The number of rotatable bonds is 4. The molecule has 4 heteroatoms. The molecule has 0 aliphatic rings. The maximum absolute atomic E-state index is 6.09. The summed E-state index contributed by atoms with van der Waals surface area (Å²) in [4.78, 5) is 0. The highest BCUT2D eigenvalue weighted by Gasteiger charge is 2.10. The lowest BCUT2D eigenvalue weighted by Crippen LogP contribution is -2.07. The molecule has 0 bridgehead atoms. The second-order valence-corrected chi connectivity index (χ2v) is 5.70. The number of halogens is 1. The van der Waals surface area contributed by atoms with E-state index in [0.29, 0.717) is 17.2 Å². The minimum atomic E-state index is 0.0717. The normalized spacial score (nSPS) is 10.7. The van der Waals surface area contributed by atoms with Crippen LogP contribution in [0.1, 0.15) is 19.4 Å². The Morgan fingerprint density at radius 2 is 1.80 bits per heavy atom. The summed E-state index contributed by atoms with van der Waals surface area (Å²) in [5, 5.41) is 0. The highest BCUT2D eigenvalue weighted by molar-refractivity contribution is 9.10. The number of anilines is 1. The van der Waals surface area contributed by atoms with Gasteiger partial charge in [-0.25, -0.2) is 0 Å². The van der Waals surface area contributed by atoms with E-state index < -0.39 is 0 Å². The van der Waals surface area contributed by atoms with Crippen LogP contribution in [0.3, 0.4) is 0 Å². The van der Waals surface area contributed by atoms with E-state index >= 15 is 0 Å². The molecule has 0 saturated heterocycles. The maximum Gasteiger partial charge on any atom is 0.154 e. The molecule has 0 spiro atoms. The number of benzene rings is 2. The quantitative estimate of drug-likeness (QED) is 0.806. The number of hydrogen-bond donors (Lipinski definition) is 1. The summed E-state index contributed by atoms with van der Waals surface area (Å²) in [6, 6.07) is 11.4. The van der Waals surface area contributed by atoms with Gasteiger partial charge < -0.3 is 15.2 Å². The van der Waals surface area contributed by atoms with Gasteiger partial charge in [0.15, 0.2) is 5.75 Å². The minimum absolute atomic E-state index is 0.0717. The van der Waals surface area contributed by atoms with Crippen LogP contribution < -0.4 is 15.2 Å². The Kier molecular flexibility index (Phi) is 4.55. The van der Waals surface area contributed by atoms with E-state index in [1.54, 1.807) is 0 Å². The summed E-state index contributed by atoms with van der Waals surface area (Å²) >= 11 is 3.47. The Hall–Kier alpha value is -1.68. The Balaban J connectivity index is 2.27. The second-order valence-electron chi connectivity index (χ2n) is 4.85. The predicted octanol–water partition coefficient (Wildman–Crippen LogP) is 4.92. The average Bonchev–Trinajstić information content (AvgIpc) is 2.38.